The number of hydrogen-bond acceptors (Lipinski definition) is 3. The summed E-state index contributed by atoms with van der Waals surface area (Å²) in [6.07, 6.45) is 1.58. The van der Waals surface area contributed by atoms with Gasteiger partial charge in [0, 0.05) is 15.1 Å². The molecule has 0 atom stereocenters. The van der Waals surface area contributed by atoms with Crippen LogP contribution in [0.2, 0.25) is 5.02 Å². The van der Waals surface area contributed by atoms with Crippen molar-refractivity contribution in [3.05, 3.63) is 63.1 Å². The van der Waals surface area contributed by atoms with Crippen LogP contribution in [-0.4, -0.2) is 17.2 Å². The Hall–Kier alpha value is -1.85. The third-order valence-electron chi connectivity index (χ3n) is 2.66. The molecule has 0 unspecified atom stereocenters. The predicted octanol–water partition coefficient (Wildman–Crippen LogP) is 3.50. The second-order valence-electron chi connectivity index (χ2n) is 4.30. The van der Waals surface area contributed by atoms with Crippen LogP contribution in [0, 0.1) is 0 Å². The fraction of sp³-hybridized carbons (Fsp3) is 0.0667. The highest BCUT2D eigenvalue weighted by Crippen LogP contribution is 2.19. The summed E-state index contributed by atoms with van der Waals surface area (Å²) in [4.78, 5) is 11.7. The lowest BCUT2D eigenvalue weighted by molar-refractivity contribution is -0.120. The average Bonchev–Trinajstić information content (AvgIpc) is 2.45. The van der Waals surface area contributed by atoms with Gasteiger partial charge in [-0.25, -0.2) is 5.43 Å². The van der Waals surface area contributed by atoms with Gasteiger partial charge in [0.25, 0.3) is 0 Å². The van der Waals surface area contributed by atoms with Gasteiger partial charge in [0.15, 0.2) is 0 Å². The molecule has 108 valence electrons. The van der Waals surface area contributed by atoms with Crippen molar-refractivity contribution in [3.8, 4) is 5.75 Å². The number of nitrogens with zero attached hydrogens (tertiary/aromatic N) is 1. The number of aromatic hydroxyl groups is 1. The number of carbonyl (C=O) groups excluding carboxylic acids is 1. The molecule has 2 aromatic carbocycles. The van der Waals surface area contributed by atoms with E-state index in [0.29, 0.717) is 10.6 Å². The topological polar surface area (TPSA) is 61.7 Å². The van der Waals surface area contributed by atoms with Gasteiger partial charge in [-0.05, 0) is 35.9 Å². The van der Waals surface area contributed by atoms with Gasteiger partial charge in [0.05, 0.1) is 12.6 Å². The van der Waals surface area contributed by atoms with E-state index < -0.39 is 0 Å². The van der Waals surface area contributed by atoms with Gasteiger partial charge < -0.3 is 5.11 Å². The highest BCUT2D eigenvalue weighted by atomic mass is 79.9. The first-order valence-electron chi connectivity index (χ1n) is 6.09. The lowest BCUT2D eigenvalue weighted by atomic mass is 10.1. The maximum Gasteiger partial charge on any atom is 0.244 e. The van der Waals surface area contributed by atoms with Crippen molar-refractivity contribution in [1.29, 1.82) is 0 Å². The number of phenols is 1. The van der Waals surface area contributed by atoms with Gasteiger partial charge in [-0.3, -0.25) is 4.79 Å². The highest BCUT2D eigenvalue weighted by molar-refractivity contribution is 9.10. The summed E-state index contributed by atoms with van der Waals surface area (Å²) in [6, 6.07) is 12.0. The average molecular weight is 368 g/mol. The predicted molar refractivity (Wildman–Crippen MR) is 86.7 cm³/mol. The van der Waals surface area contributed by atoms with Crippen molar-refractivity contribution < 1.29 is 9.90 Å². The van der Waals surface area contributed by atoms with Crippen molar-refractivity contribution in [2.45, 2.75) is 6.42 Å². The number of halogens is 2. The van der Waals surface area contributed by atoms with E-state index in [1.165, 1.54) is 12.3 Å². The van der Waals surface area contributed by atoms with Crippen molar-refractivity contribution in [3.63, 3.8) is 0 Å². The normalized spacial score (nSPS) is 10.8. The smallest absolute Gasteiger partial charge is 0.244 e. The fourth-order valence-corrected chi connectivity index (χ4v) is 2.07. The number of carbonyl (C=O) groups is 1. The number of benzene rings is 2. The van der Waals surface area contributed by atoms with Crippen molar-refractivity contribution in [2.24, 2.45) is 5.10 Å². The quantitative estimate of drug-likeness (QED) is 0.642. The summed E-state index contributed by atoms with van der Waals surface area (Å²) in [5, 5.41) is 13.9. The third-order valence-corrected chi connectivity index (χ3v) is 3.42. The zero-order valence-corrected chi connectivity index (χ0v) is 13.2. The van der Waals surface area contributed by atoms with Crippen molar-refractivity contribution in [1.82, 2.24) is 5.43 Å². The van der Waals surface area contributed by atoms with Gasteiger partial charge in [-0.1, -0.05) is 39.7 Å². The number of rotatable bonds is 4. The Morgan fingerprint density at radius 2 is 2.00 bits per heavy atom. The summed E-state index contributed by atoms with van der Waals surface area (Å²) >= 11 is 9.15. The highest BCUT2D eigenvalue weighted by Gasteiger charge is 2.02. The van der Waals surface area contributed by atoms with E-state index in [1.54, 1.807) is 12.1 Å². The number of nitrogens with one attached hydrogen (secondary N) is 1. The summed E-state index contributed by atoms with van der Waals surface area (Å²) in [5.74, 6) is -0.194. The number of amides is 1. The minimum absolute atomic E-state index is 0.0466. The Morgan fingerprint density at radius 3 is 2.71 bits per heavy atom. The first-order chi connectivity index (χ1) is 10.0. The molecule has 0 fully saturated rings. The van der Waals surface area contributed by atoms with Crippen LogP contribution >= 0.6 is 27.5 Å². The molecular weight excluding hydrogens is 356 g/mol. The number of hydrazone groups is 1. The van der Waals surface area contributed by atoms with Gasteiger partial charge in [0.1, 0.15) is 5.75 Å². The molecule has 2 aromatic rings. The van der Waals surface area contributed by atoms with Gasteiger partial charge in [-0.15, -0.1) is 0 Å². The SMILES string of the molecule is O=C(Cc1ccc(Br)cc1)N/N=C\c1cc(Cl)ccc1O. The molecule has 0 heterocycles. The van der Waals surface area contributed by atoms with Gasteiger partial charge >= 0.3 is 0 Å². The molecule has 1 amide bonds. The molecule has 0 aliphatic heterocycles. The largest absolute Gasteiger partial charge is 0.507 e. The second kappa shape index (κ2) is 7.24. The molecule has 2 N–H and O–H groups in total. The Kier molecular flexibility index (Phi) is 5.36. The van der Waals surface area contributed by atoms with E-state index >= 15 is 0 Å². The molecule has 0 saturated carbocycles. The van der Waals surface area contributed by atoms with Crippen molar-refractivity contribution >= 4 is 39.7 Å². The van der Waals surface area contributed by atoms with Crippen molar-refractivity contribution in [2.75, 3.05) is 0 Å². The minimum Gasteiger partial charge on any atom is -0.507 e. The molecule has 4 nitrogen and oxygen atoms in total. The fourth-order valence-electron chi connectivity index (χ4n) is 1.63. The molecule has 2 rings (SSSR count). The van der Waals surface area contributed by atoms with Gasteiger partial charge in [0.2, 0.25) is 5.91 Å². The number of phenolic OH excluding ortho intramolecular Hbond substituents is 1. The standard InChI is InChI=1S/C15H12BrClN2O2/c16-12-3-1-10(2-4-12)7-15(21)19-18-9-11-8-13(17)5-6-14(11)20/h1-6,8-9,20H,7H2,(H,19,21)/b18-9-. The molecular formula is C15H12BrClN2O2. The van der Waals surface area contributed by atoms with Crippen LogP contribution < -0.4 is 5.43 Å². The van der Waals surface area contributed by atoms with E-state index in [-0.39, 0.29) is 18.1 Å². The van der Waals surface area contributed by atoms with E-state index in [2.05, 4.69) is 26.5 Å². The van der Waals surface area contributed by atoms with Crippen LogP contribution in [0.15, 0.2) is 52.0 Å². The van der Waals surface area contributed by atoms with Crippen LogP contribution in [0.25, 0.3) is 0 Å². The Balaban J connectivity index is 1.93. The van der Waals surface area contributed by atoms with E-state index in [1.807, 2.05) is 24.3 Å². The molecule has 6 heteroatoms. The van der Waals surface area contributed by atoms with Crippen LogP contribution in [0.3, 0.4) is 0 Å². The second-order valence-corrected chi connectivity index (χ2v) is 5.65. The van der Waals surface area contributed by atoms with Gasteiger partial charge in [-0.2, -0.15) is 5.10 Å². The lowest BCUT2D eigenvalue weighted by Crippen LogP contribution is -2.19. The molecule has 0 aliphatic carbocycles. The molecule has 0 bridgehead atoms. The van der Waals surface area contributed by atoms with Crippen LogP contribution in [0.4, 0.5) is 0 Å². The molecule has 0 aromatic heterocycles. The van der Waals surface area contributed by atoms with E-state index in [9.17, 15) is 9.90 Å². The molecule has 0 saturated heterocycles. The molecule has 21 heavy (non-hydrogen) atoms. The monoisotopic (exact) mass is 366 g/mol. The van der Waals surface area contributed by atoms with Crippen LogP contribution in [0.1, 0.15) is 11.1 Å². The minimum atomic E-state index is -0.241. The first-order valence-corrected chi connectivity index (χ1v) is 7.26. The third kappa shape index (κ3) is 4.88. The Morgan fingerprint density at radius 1 is 1.29 bits per heavy atom. The lowest BCUT2D eigenvalue weighted by Gasteiger charge is -2.01. The van der Waals surface area contributed by atoms with E-state index in [4.69, 9.17) is 11.6 Å². The summed E-state index contributed by atoms with van der Waals surface area (Å²) in [5.41, 5.74) is 3.73. The molecule has 0 radical (unpaired) electrons. The maximum atomic E-state index is 11.7. The summed E-state index contributed by atoms with van der Waals surface area (Å²) < 4.78 is 0.959. The van der Waals surface area contributed by atoms with Crippen LogP contribution in [-0.2, 0) is 11.2 Å². The molecule has 0 spiro atoms. The van der Waals surface area contributed by atoms with Crippen LogP contribution in [0.5, 0.6) is 5.75 Å². The summed E-state index contributed by atoms with van der Waals surface area (Å²) in [6.45, 7) is 0. The van der Waals surface area contributed by atoms with E-state index in [0.717, 1.165) is 10.0 Å². The first kappa shape index (κ1) is 15.5. The molecule has 0 aliphatic rings. The zero-order chi connectivity index (χ0) is 15.2. The zero-order valence-electron chi connectivity index (χ0n) is 10.9. The maximum absolute atomic E-state index is 11.7. The number of hydrogen-bond donors (Lipinski definition) is 2. The Bertz CT molecular complexity index is 672. The summed E-state index contributed by atoms with van der Waals surface area (Å²) in [7, 11) is 0. The Labute approximate surface area is 135 Å².